The average molecular weight is 334 g/mol. The molecule has 3 N–H and O–H groups in total. The molecule has 0 amide bonds. The van der Waals surface area contributed by atoms with Gasteiger partial charge in [-0.25, -0.2) is 9.78 Å². The van der Waals surface area contributed by atoms with Crippen LogP contribution >= 0.6 is 0 Å². The van der Waals surface area contributed by atoms with Crippen LogP contribution in [0.2, 0.25) is 0 Å². The number of carbonyl (C=O) groups is 1. The van der Waals surface area contributed by atoms with Crippen molar-refractivity contribution in [1.82, 2.24) is 9.97 Å². The number of unbranched alkanes of at least 4 members (excludes halogenated alkanes) is 1. The summed E-state index contributed by atoms with van der Waals surface area (Å²) in [6, 6.07) is 1.55. The fraction of sp³-hybridized carbons (Fsp3) is 0.438. The van der Waals surface area contributed by atoms with E-state index >= 15 is 0 Å². The van der Waals surface area contributed by atoms with Crippen molar-refractivity contribution in [3.05, 3.63) is 29.9 Å². The third-order valence-corrected chi connectivity index (χ3v) is 3.20. The number of hydrogen-bond acceptors (Lipinski definition) is 8. The van der Waals surface area contributed by atoms with Crippen LogP contribution in [-0.4, -0.2) is 29.1 Å². The smallest absolute Gasteiger partial charge is 0.341 e. The maximum Gasteiger partial charge on any atom is 0.341 e. The Hall–Kier alpha value is -2.77. The molecule has 0 atom stereocenters. The van der Waals surface area contributed by atoms with Crippen molar-refractivity contribution < 1.29 is 18.7 Å². The highest BCUT2D eigenvalue weighted by atomic mass is 16.5. The lowest BCUT2D eigenvalue weighted by atomic mass is 10.2. The number of nitrogens with two attached hydrogens (primary N) is 1. The minimum atomic E-state index is -0.445. The Morgan fingerprint density at radius 2 is 2.25 bits per heavy atom. The van der Waals surface area contributed by atoms with E-state index in [4.69, 9.17) is 19.6 Å². The third-order valence-electron chi connectivity index (χ3n) is 3.20. The maximum absolute atomic E-state index is 11.8. The van der Waals surface area contributed by atoms with Crippen molar-refractivity contribution in [2.75, 3.05) is 24.2 Å². The Labute approximate surface area is 140 Å². The number of hydrogen-bond donors (Lipinski definition) is 2. The number of rotatable bonds is 9. The summed E-state index contributed by atoms with van der Waals surface area (Å²) < 4.78 is 16.0. The number of aromatic nitrogens is 2. The second-order valence-corrected chi connectivity index (χ2v) is 4.99. The zero-order valence-electron chi connectivity index (χ0n) is 13.9. The molecule has 2 heterocycles. The van der Waals surface area contributed by atoms with E-state index < -0.39 is 5.97 Å². The summed E-state index contributed by atoms with van der Waals surface area (Å²) in [5.41, 5.74) is 5.96. The van der Waals surface area contributed by atoms with E-state index in [1.54, 1.807) is 13.0 Å². The minimum Gasteiger partial charge on any atom is -0.480 e. The maximum atomic E-state index is 11.8. The molecule has 0 aliphatic rings. The highest BCUT2D eigenvalue weighted by Crippen LogP contribution is 2.24. The quantitative estimate of drug-likeness (QED) is 0.531. The molecule has 0 unspecified atom stereocenters. The Balaban J connectivity index is 2.06. The van der Waals surface area contributed by atoms with Crippen molar-refractivity contribution in [3.8, 4) is 5.75 Å². The van der Waals surface area contributed by atoms with Crippen LogP contribution in [0.25, 0.3) is 0 Å². The molecule has 0 aliphatic carbocycles. The van der Waals surface area contributed by atoms with E-state index in [1.165, 1.54) is 12.5 Å². The number of carbonyl (C=O) groups excluding carboxylic acids is 1. The number of nitrogen functional groups attached to an aromatic ring is 1. The summed E-state index contributed by atoms with van der Waals surface area (Å²) in [6.45, 7) is 4.94. The van der Waals surface area contributed by atoms with Crippen molar-refractivity contribution in [1.29, 1.82) is 0 Å². The molecule has 8 nitrogen and oxygen atoms in total. The lowest BCUT2D eigenvalue weighted by molar-refractivity contribution is 0.0521. The molecule has 0 fully saturated rings. The monoisotopic (exact) mass is 334 g/mol. The Morgan fingerprint density at radius 1 is 1.42 bits per heavy atom. The first-order valence-corrected chi connectivity index (χ1v) is 7.88. The normalized spacial score (nSPS) is 10.4. The Bertz CT molecular complexity index is 672. The SMILES string of the molecule is CCCCNc1nc(N)ncc1OCc1occc1C(=O)OCC. The van der Waals surface area contributed by atoms with Crippen molar-refractivity contribution in [2.45, 2.75) is 33.3 Å². The first kappa shape index (κ1) is 17.6. The van der Waals surface area contributed by atoms with Crippen LogP contribution in [0, 0.1) is 0 Å². The van der Waals surface area contributed by atoms with Gasteiger partial charge < -0.3 is 24.9 Å². The van der Waals surface area contributed by atoms with Gasteiger partial charge in [-0.3, -0.25) is 0 Å². The van der Waals surface area contributed by atoms with Crippen LogP contribution in [0.3, 0.4) is 0 Å². The molecule has 130 valence electrons. The topological polar surface area (TPSA) is 113 Å². The number of anilines is 2. The molecule has 0 radical (unpaired) electrons. The highest BCUT2D eigenvalue weighted by Gasteiger charge is 2.17. The van der Waals surface area contributed by atoms with Crippen LogP contribution in [0.1, 0.15) is 42.8 Å². The summed E-state index contributed by atoms with van der Waals surface area (Å²) >= 11 is 0. The predicted octanol–water partition coefficient (Wildman–Crippen LogP) is 2.62. The molecule has 24 heavy (non-hydrogen) atoms. The van der Waals surface area contributed by atoms with Crippen molar-refractivity contribution in [3.63, 3.8) is 0 Å². The van der Waals surface area contributed by atoms with Gasteiger partial charge in [0.25, 0.3) is 0 Å². The number of esters is 1. The molecule has 2 rings (SSSR count). The van der Waals surface area contributed by atoms with E-state index in [-0.39, 0.29) is 12.6 Å². The number of nitrogens with zero attached hydrogens (tertiary/aromatic N) is 2. The van der Waals surface area contributed by atoms with E-state index in [1.807, 2.05) is 0 Å². The molecular weight excluding hydrogens is 312 g/mol. The van der Waals surface area contributed by atoms with Crippen molar-refractivity contribution >= 4 is 17.7 Å². The molecule has 0 aliphatic heterocycles. The second-order valence-electron chi connectivity index (χ2n) is 4.99. The van der Waals surface area contributed by atoms with Crippen LogP contribution in [0.5, 0.6) is 5.75 Å². The number of nitrogens with one attached hydrogen (secondary N) is 1. The van der Waals surface area contributed by atoms with E-state index in [0.717, 1.165) is 19.4 Å². The summed E-state index contributed by atoms with van der Waals surface area (Å²) in [4.78, 5) is 19.9. The first-order valence-electron chi connectivity index (χ1n) is 7.88. The van der Waals surface area contributed by atoms with Gasteiger partial charge in [0.2, 0.25) is 5.95 Å². The Kier molecular flexibility index (Phi) is 6.41. The minimum absolute atomic E-state index is 0.0525. The lowest BCUT2D eigenvalue weighted by Gasteiger charge is -2.12. The molecular formula is C16H22N4O4. The van der Waals surface area contributed by atoms with Gasteiger partial charge in [0.05, 0.1) is 19.1 Å². The zero-order chi connectivity index (χ0) is 17.4. The average Bonchev–Trinajstić information content (AvgIpc) is 3.03. The molecule has 2 aromatic heterocycles. The molecule has 0 saturated carbocycles. The first-order chi connectivity index (χ1) is 11.7. The van der Waals surface area contributed by atoms with Crippen LogP contribution in [0.4, 0.5) is 11.8 Å². The zero-order valence-corrected chi connectivity index (χ0v) is 13.9. The molecule has 8 heteroatoms. The van der Waals surface area contributed by atoms with Crippen LogP contribution < -0.4 is 15.8 Å². The van der Waals surface area contributed by atoms with Crippen molar-refractivity contribution in [2.24, 2.45) is 0 Å². The molecule has 0 spiro atoms. The molecule has 0 bridgehead atoms. The van der Waals surface area contributed by atoms with Gasteiger partial charge in [-0.15, -0.1) is 0 Å². The molecule has 0 aromatic carbocycles. The summed E-state index contributed by atoms with van der Waals surface area (Å²) in [5, 5.41) is 3.16. The number of furan rings is 1. The van der Waals surface area contributed by atoms with E-state index in [2.05, 4.69) is 22.2 Å². The lowest BCUT2D eigenvalue weighted by Crippen LogP contribution is -2.10. The van der Waals surface area contributed by atoms with E-state index in [9.17, 15) is 4.79 Å². The third kappa shape index (κ3) is 4.61. The predicted molar refractivity (Wildman–Crippen MR) is 88.8 cm³/mol. The van der Waals surface area contributed by atoms with E-state index in [0.29, 0.717) is 29.5 Å². The highest BCUT2D eigenvalue weighted by molar-refractivity contribution is 5.90. The standard InChI is InChI=1S/C16H22N4O4/c1-3-5-7-18-14-12(9-19-16(17)20-14)24-10-13-11(6-8-23-13)15(21)22-4-2/h6,8-9H,3-5,7,10H2,1-2H3,(H3,17,18,19,20). The largest absolute Gasteiger partial charge is 0.480 e. The van der Waals surface area contributed by atoms with Gasteiger partial charge in [-0.2, -0.15) is 4.98 Å². The number of ether oxygens (including phenoxy) is 2. The van der Waals surface area contributed by atoms with Gasteiger partial charge in [0.15, 0.2) is 17.3 Å². The van der Waals surface area contributed by atoms with Crippen LogP contribution in [-0.2, 0) is 11.3 Å². The van der Waals surface area contributed by atoms with Gasteiger partial charge in [-0.05, 0) is 19.4 Å². The molecule has 2 aromatic rings. The Morgan fingerprint density at radius 3 is 3.00 bits per heavy atom. The van der Waals surface area contributed by atoms with Gasteiger partial charge in [0, 0.05) is 6.54 Å². The van der Waals surface area contributed by atoms with Gasteiger partial charge in [0.1, 0.15) is 12.2 Å². The summed E-state index contributed by atoms with van der Waals surface area (Å²) in [6.07, 6.45) is 4.96. The van der Waals surface area contributed by atoms with Crippen LogP contribution in [0.15, 0.2) is 22.9 Å². The van der Waals surface area contributed by atoms with Gasteiger partial charge >= 0.3 is 5.97 Å². The van der Waals surface area contributed by atoms with Gasteiger partial charge in [-0.1, -0.05) is 13.3 Å². The fourth-order valence-corrected chi connectivity index (χ4v) is 1.99. The summed E-state index contributed by atoms with van der Waals surface area (Å²) in [5.74, 6) is 1.04. The fourth-order valence-electron chi connectivity index (χ4n) is 1.99. The second kappa shape index (κ2) is 8.76. The summed E-state index contributed by atoms with van der Waals surface area (Å²) in [7, 11) is 0. The molecule has 0 saturated heterocycles.